The van der Waals surface area contributed by atoms with Crippen molar-refractivity contribution in [2.24, 2.45) is 10.7 Å². The second kappa shape index (κ2) is 7.35. The Morgan fingerprint density at radius 3 is 2.46 bits per heavy atom. The van der Waals surface area contributed by atoms with Gasteiger partial charge in [0.2, 0.25) is 0 Å². The topological polar surface area (TPSA) is 64.7 Å². The average Bonchev–Trinajstić information content (AvgIpc) is 2.52. The van der Waals surface area contributed by atoms with E-state index in [9.17, 15) is 18.0 Å². The molecule has 2 N–H and O–H groups in total. The van der Waals surface area contributed by atoms with E-state index in [1.807, 2.05) is 0 Å². The molecule has 0 saturated carbocycles. The Morgan fingerprint density at radius 2 is 1.88 bits per heavy atom. The number of halogens is 4. The fraction of sp³-hybridized carbons (Fsp3) is 0.125. The minimum Gasteiger partial charge on any atom is -0.484 e. The van der Waals surface area contributed by atoms with Crippen molar-refractivity contribution in [1.29, 1.82) is 0 Å². The molecule has 0 bridgehead atoms. The van der Waals surface area contributed by atoms with E-state index < -0.39 is 17.6 Å². The molecule has 8 heteroatoms. The van der Waals surface area contributed by atoms with E-state index in [1.165, 1.54) is 12.3 Å². The Kier molecular flexibility index (Phi) is 5.46. The van der Waals surface area contributed by atoms with Crippen molar-refractivity contribution in [2.75, 3.05) is 6.61 Å². The smallest absolute Gasteiger partial charge is 0.417 e. The standard InChI is InChI=1S/C16H12ClF3N2O2/c17-14-6-3-11(7-13(14)16(18,19)20)22-8-10-1-4-12(5-2-10)24-9-15(21)23/h1-8H,9H2,(H2,21,23). The van der Waals surface area contributed by atoms with Crippen molar-refractivity contribution in [3.8, 4) is 5.75 Å². The second-order valence-corrected chi connectivity index (χ2v) is 5.15. The molecule has 0 atom stereocenters. The zero-order chi connectivity index (χ0) is 17.7. The van der Waals surface area contributed by atoms with Crippen LogP contribution in [0, 0.1) is 0 Å². The number of nitrogens with zero attached hydrogens (tertiary/aromatic N) is 1. The lowest BCUT2D eigenvalue weighted by Gasteiger charge is -2.09. The normalized spacial score (nSPS) is 11.7. The molecule has 0 aliphatic rings. The van der Waals surface area contributed by atoms with Crippen molar-refractivity contribution >= 4 is 29.4 Å². The average molecular weight is 357 g/mol. The highest BCUT2D eigenvalue weighted by atomic mass is 35.5. The highest BCUT2D eigenvalue weighted by Crippen LogP contribution is 2.36. The Morgan fingerprint density at radius 1 is 1.21 bits per heavy atom. The molecule has 2 aromatic carbocycles. The van der Waals surface area contributed by atoms with Crippen LogP contribution in [-0.2, 0) is 11.0 Å². The Labute approximate surface area is 140 Å². The number of carbonyl (C=O) groups excluding carboxylic acids is 1. The van der Waals surface area contributed by atoms with Crippen LogP contribution >= 0.6 is 11.6 Å². The summed E-state index contributed by atoms with van der Waals surface area (Å²) in [6.45, 7) is -0.238. The van der Waals surface area contributed by atoms with Crippen molar-refractivity contribution in [1.82, 2.24) is 0 Å². The van der Waals surface area contributed by atoms with Crippen LogP contribution in [0.3, 0.4) is 0 Å². The first kappa shape index (κ1) is 17.8. The molecule has 0 fully saturated rings. The number of hydrogen-bond acceptors (Lipinski definition) is 3. The fourth-order valence-electron chi connectivity index (χ4n) is 1.76. The molecule has 1 amide bonds. The van der Waals surface area contributed by atoms with Crippen molar-refractivity contribution < 1.29 is 22.7 Å². The number of benzene rings is 2. The molecule has 4 nitrogen and oxygen atoms in total. The van der Waals surface area contributed by atoms with Gasteiger partial charge in [0.15, 0.2) is 6.61 Å². The van der Waals surface area contributed by atoms with Gasteiger partial charge in [-0.3, -0.25) is 9.79 Å². The summed E-state index contributed by atoms with van der Waals surface area (Å²) < 4.78 is 43.4. The molecule has 2 aromatic rings. The Bertz CT molecular complexity index is 759. The summed E-state index contributed by atoms with van der Waals surface area (Å²) in [6.07, 6.45) is -3.14. The van der Waals surface area contributed by atoms with Gasteiger partial charge in [0.05, 0.1) is 16.3 Å². The Balaban J connectivity index is 2.12. The number of hydrogen-bond donors (Lipinski definition) is 1. The monoisotopic (exact) mass is 356 g/mol. The molecule has 24 heavy (non-hydrogen) atoms. The largest absolute Gasteiger partial charge is 0.484 e. The minimum atomic E-state index is -4.54. The van der Waals surface area contributed by atoms with E-state index in [1.54, 1.807) is 24.3 Å². The number of ether oxygens (including phenoxy) is 1. The zero-order valence-electron chi connectivity index (χ0n) is 12.2. The molecular formula is C16H12ClF3N2O2. The number of amides is 1. The van der Waals surface area contributed by atoms with Gasteiger partial charge in [0, 0.05) is 6.21 Å². The molecule has 0 radical (unpaired) electrons. The quantitative estimate of drug-likeness (QED) is 0.824. The van der Waals surface area contributed by atoms with Crippen LogP contribution in [-0.4, -0.2) is 18.7 Å². The summed E-state index contributed by atoms with van der Waals surface area (Å²) in [5, 5.41) is -0.377. The number of nitrogens with two attached hydrogens (primary N) is 1. The SMILES string of the molecule is NC(=O)COc1ccc(C=Nc2ccc(Cl)c(C(F)(F)F)c2)cc1. The summed E-state index contributed by atoms with van der Waals surface area (Å²) in [5.41, 5.74) is 4.79. The van der Waals surface area contributed by atoms with E-state index in [0.29, 0.717) is 11.3 Å². The van der Waals surface area contributed by atoms with Crippen LogP contribution < -0.4 is 10.5 Å². The predicted molar refractivity (Wildman–Crippen MR) is 84.8 cm³/mol. The van der Waals surface area contributed by atoms with Crippen LogP contribution in [0.4, 0.5) is 18.9 Å². The van der Waals surface area contributed by atoms with E-state index in [2.05, 4.69) is 4.99 Å². The number of aliphatic imine (C=N–C) groups is 1. The number of carbonyl (C=O) groups is 1. The minimum absolute atomic E-state index is 0.126. The summed E-state index contributed by atoms with van der Waals surface area (Å²) >= 11 is 5.55. The summed E-state index contributed by atoms with van der Waals surface area (Å²) in [7, 11) is 0. The van der Waals surface area contributed by atoms with Gasteiger partial charge in [0.25, 0.3) is 5.91 Å². The molecule has 126 valence electrons. The lowest BCUT2D eigenvalue weighted by atomic mass is 10.2. The lowest BCUT2D eigenvalue weighted by molar-refractivity contribution is -0.137. The number of alkyl halides is 3. The second-order valence-electron chi connectivity index (χ2n) is 4.74. The molecule has 2 rings (SSSR count). The van der Waals surface area contributed by atoms with Crippen LogP contribution in [0.15, 0.2) is 47.5 Å². The highest BCUT2D eigenvalue weighted by molar-refractivity contribution is 6.31. The molecule has 0 unspecified atom stereocenters. The van der Waals surface area contributed by atoms with Crippen LogP contribution in [0.25, 0.3) is 0 Å². The maximum atomic E-state index is 12.8. The molecular weight excluding hydrogens is 345 g/mol. The Hall–Kier alpha value is -2.54. The van der Waals surface area contributed by atoms with E-state index in [0.717, 1.165) is 12.1 Å². The first-order chi connectivity index (χ1) is 11.3. The third-order valence-corrected chi connectivity index (χ3v) is 3.21. The fourth-order valence-corrected chi connectivity index (χ4v) is 1.99. The third-order valence-electron chi connectivity index (χ3n) is 2.88. The molecule has 0 saturated heterocycles. The molecule has 0 spiro atoms. The van der Waals surface area contributed by atoms with Crippen molar-refractivity contribution in [3.05, 3.63) is 58.6 Å². The maximum Gasteiger partial charge on any atom is 0.417 e. The van der Waals surface area contributed by atoms with Gasteiger partial charge in [-0.25, -0.2) is 0 Å². The lowest BCUT2D eigenvalue weighted by Crippen LogP contribution is -2.19. The molecule has 0 heterocycles. The third kappa shape index (κ3) is 4.99. The van der Waals surface area contributed by atoms with Gasteiger partial charge < -0.3 is 10.5 Å². The maximum absolute atomic E-state index is 12.8. The van der Waals surface area contributed by atoms with Crippen LogP contribution in [0.1, 0.15) is 11.1 Å². The first-order valence-electron chi connectivity index (χ1n) is 6.67. The van der Waals surface area contributed by atoms with Crippen LogP contribution in [0.5, 0.6) is 5.75 Å². The first-order valence-corrected chi connectivity index (χ1v) is 7.05. The van der Waals surface area contributed by atoms with Gasteiger partial charge in [-0.1, -0.05) is 11.6 Å². The zero-order valence-corrected chi connectivity index (χ0v) is 12.9. The predicted octanol–water partition coefficient (Wildman–Crippen LogP) is 3.97. The van der Waals surface area contributed by atoms with Crippen molar-refractivity contribution in [3.63, 3.8) is 0 Å². The summed E-state index contributed by atoms with van der Waals surface area (Å²) in [6, 6.07) is 9.88. The van der Waals surface area contributed by atoms with Crippen LogP contribution in [0.2, 0.25) is 5.02 Å². The van der Waals surface area contributed by atoms with Gasteiger partial charge in [0.1, 0.15) is 5.75 Å². The van der Waals surface area contributed by atoms with E-state index in [4.69, 9.17) is 22.1 Å². The molecule has 0 aliphatic heterocycles. The number of primary amides is 1. The van der Waals surface area contributed by atoms with Gasteiger partial charge >= 0.3 is 6.18 Å². The van der Waals surface area contributed by atoms with Gasteiger partial charge in [-0.15, -0.1) is 0 Å². The summed E-state index contributed by atoms with van der Waals surface area (Å²) in [5.74, 6) is -0.152. The van der Waals surface area contributed by atoms with Gasteiger partial charge in [-0.05, 0) is 48.0 Å². The number of rotatable bonds is 5. The molecule has 0 aliphatic carbocycles. The summed E-state index contributed by atoms with van der Waals surface area (Å²) in [4.78, 5) is 14.6. The molecule has 0 aromatic heterocycles. The highest BCUT2D eigenvalue weighted by Gasteiger charge is 2.33. The van der Waals surface area contributed by atoms with E-state index in [-0.39, 0.29) is 17.3 Å². The van der Waals surface area contributed by atoms with Gasteiger partial charge in [-0.2, -0.15) is 13.2 Å². The van der Waals surface area contributed by atoms with E-state index >= 15 is 0 Å². The van der Waals surface area contributed by atoms with Crippen molar-refractivity contribution in [2.45, 2.75) is 6.18 Å².